The predicted octanol–water partition coefficient (Wildman–Crippen LogP) is 5.03. The second-order valence-corrected chi connectivity index (χ2v) is 9.17. The molecule has 28 heavy (non-hydrogen) atoms. The van der Waals surface area contributed by atoms with Crippen molar-refractivity contribution in [2.75, 3.05) is 13.7 Å². The van der Waals surface area contributed by atoms with Crippen molar-refractivity contribution in [1.82, 2.24) is 0 Å². The quantitative estimate of drug-likeness (QED) is 0.677. The highest BCUT2D eigenvalue weighted by atomic mass is 35.5. The molecule has 0 aliphatic carbocycles. The highest BCUT2D eigenvalue weighted by molar-refractivity contribution is 7.92. The maximum Gasteiger partial charge on any atom is 0.416 e. The lowest BCUT2D eigenvalue weighted by molar-refractivity contribution is -0.137. The molecule has 0 N–H and O–H groups in total. The average Bonchev–Trinajstić information content (AvgIpc) is 2.68. The molecule has 0 saturated carbocycles. The molecule has 0 spiro atoms. The summed E-state index contributed by atoms with van der Waals surface area (Å²) < 4.78 is 76.8. The van der Waals surface area contributed by atoms with Crippen LogP contribution in [0.4, 0.5) is 13.2 Å². The van der Waals surface area contributed by atoms with Crippen molar-refractivity contribution < 1.29 is 31.1 Å². The summed E-state index contributed by atoms with van der Waals surface area (Å²) in [6, 6.07) is 10.5. The third-order valence-corrected chi connectivity index (χ3v) is 7.52. The average molecular weight is 435 g/mol. The van der Waals surface area contributed by atoms with Crippen LogP contribution in [-0.2, 0) is 25.5 Å². The molecule has 1 aliphatic rings. The van der Waals surface area contributed by atoms with Crippen LogP contribution in [0.15, 0.2) is 53.4 Å². The third-order valence-electron chi connectivity index (χ3n) is 4.87. The molecule has 2 unspecified atom stereocenters. The van der Waals surface area contributed by atoms with E-state index in [9.17, 15) is 21.6 Å². The van der Waals surface area contributed by atoms with Gasteiger partial charge in [-0.1, -0.05) is 29.8 Å². The van der Waals surface area contributed by atoms with E-state index < -0.39 is 37.5 Å². The summed E-state index contributed by atoms with van der Waals surface area (Å²) in [5.41, 5.74) is -0.314. The molecule has 2 atom stereocenters. The van der Waals surface area contributed by atoms with Gasteiger partial charge in [-0.05, 0) is 35.9 Å². The van der Waals surface area contributed by atoms with Gasteiger partial charge in [-0.2, -0.15) is 13.2 Å². The first-order chi connectivity index (χ1) is 13.1. The fraction of sp³-hybridized carbons (Fsp3) is 0.368. The van der Waals surface area contributed by atoms with Gasteiger partial charge >= 0.3 is 6.18 Å². The number of halogens is 4. The maximum absolute atomic E-state index is 13.3. The molecule has 2 aromatic rings. The van der Waals surface area contributed by atoms with E-state index in [1.54, 1.807) is 24.3 Å². The molecule has 2 aromatic carbocycles. The highest BCUT2D eigenvalue weighted by Crippen LogP contribution is 2.43. The molecule has 0 radical (unpaired) electrons. The van der Waals surface area contributed by atoms with Gasteiger partial charge in [-0.15, -0.1) is 0 Å². The summed E-state index contributed by atoms with van der Waals surface area (Å²) in [7, 11) is -2.99. The Hall–Kier alpha value is -1.61. The van der Waals surface area contributed by atoms with Crippen molar-refractivity contribution in [2.24, 2.45) is 0 Å². The Balaban J connectivity index is 1.99. The van der Waals surface area contributed by atoms with Gasteiger partial charge in [0.05, 0.1) is 23.2 Å². The minimum atomic E-state index is -4.65. The molecule has 4 nitrogen and oxygen atoms in total. The van der Waals surface area contributed by atoms with Gasteiger partial charge in [0.1, 0.15) is 0 Å². The van der Waals surface area contributed by atoms with E-state index in [0.717, 1.165) is 18.2 Å². The Kier molecular flexibility index (Phi) is 5.78. The number of hydrogen-bond donors (Lipinski definition) is 0. The Labute approximate surface area is 166 Å². The minimum absolute atomic E-state index is 0.00612. The summed E-state index contributed by atoms with van der Waals surface area (Å²) in [5, 5.41) is 0.522. The van der Waals surface area contributed by atoms with Crippen molar-refractivity contribution in [3.8, 4) is 0 Å². The first-order valence-corrected chi connectivity index (χ1v) is 10.3. The summed E-state index contributed by atoms with van der Waals surface area (Å²) in [6.45, 7) is 0.0827. The van der Waals surface area contributed by atoms with Crippen molar-refractivity contribution in [3.05, 3.63) is 64.7 Å². The normalized spacial score (nSPS) is 23.5. The van der Waals surface area contributed by atoms with E-state index in [2.05, 4.69) is 0 Å². The number of hydrogen-bond acceptors (Lipinski definition) is 4. The molecule has 0 aromatic heterocycles. The third kappa shape index (κ3) is 3.91. The number of benzene rings is 2. The molecular weight excluding hydrogens is 417 g/mol. The zero-order chi connectivity index (χ0) is 20.6. The Morgan fingerprint density at radius 3 is 2.46 bits per heavy atom. The highest BCUT2D eigenvalue weighted by Gasteiger charge is 2.49. The molecule has 0 amide bonds. The zero-order valence-corrected chi connectivity index (χ0v) is 16.4. The Morgan fingerprint density at radius 1 is 1.18 bits per heavy atom. The van der Waals surface area contributed by atoms with Crippen molar-refractivity contribution in [1.29, 1.82) is 0 Å². The number of alkyl halides is 3. The van der Waals surface area contributed by atoms with E-state index in [1.807, 2.05) is 0 Å². The summed E-state index contributed by atoms with van der Waals surface area (Å²) in [6.07, 6.45) is -5.28. The van der Waals surface area contributed by atoms with Crippen LogP contribution in [0.3, 0.4) is 0 Å². The molecule has 0 bridgehead atoms. The molecule has 1 aliphatic heterocycles. The topological polar surface area (TPSA) is 52.6 Å². The van der Waals surface area contributed by atoms with Crippen LogP contribution in [-0.4, -0.2) is 27.1 Å². The monoisotopic (exact) mass is 434 g/mol. The smallest absolute Gasteiger partial charge is 0.373 e. The number of rotatable bonds is 4. The van der Waals surface area contributed by atoms with Crippen molar-refractivity contribution in [2.45, 2.75) is 35.0 Å². The number of sulfone groups is 1. The van der Waals surface area contributed by atoms with Gasteiger partial charge in [0.25, 0.3) is 0 Å². The molecule has 9 heteroatoms. The van der Waals surface area contributed by atoms with Crippen molar-refractivity contribution in [3.63, 3.8) is 0 Å². The van der Waals surface area contributed by atoms with Gasteiger partial charge in [-0.25, -0.2) is 8.42 Å². The largest absolute Gasteiger partial charge is 0.416 e. The summed E-state index contributed by atoms with van der Waals surface area (Å²) in [5.74, 6) is 0. The van der Waals surface area contributed by atoms with Gasteiger partial charge in [-0.3, -0.25) is 0 Å². The molecule has 1 fully saturated rings. The van der Waals surface area contributed by atoms with E-state index in [1.165, 1.54) is 7.11 Å². The summed E-state index contributed by atoms with van der Waals surface area (Å²) >= 11 is 5.88. The SMILES string of the molecule is COC1(S(=O)(=O)c2cccc(C(F)(F)F)c2)CCOC(c2ccc(Cl)cc2)C1. The standard InChI is InChI=1S/C19H18ClF3O4S/c1-26-18(9-10-27-17(12-18)13-5-7-15(20)8-6-13)28(24,25)16-4-2-3-14(11-16)19(21,22)23/h2-8,11,17H,9-10,12H2,1H3. The van der Waals surface area contributed by atoms with Crippen LogP contribution < -0.4 is 0 Å². The van der Waals surface area contributed by atoms with E-state index in [-0.39, 0.29) is 19.4 Å². The molecule has 1 saturated heterocycles. The van der Waals surface area contributed by atoms with E-state index >= 15 is 0 Å². The number of methoxy groups -OCH3 is 1. The lowest BCUT2D eigenvalue weighted by atomic mass is 9.99. The van der Waals surface area contributed by atoms with Crippen LogP contribution in [0.2, 0.25) is 5.02 Å². The molecule has 152 valence electrons. The number of ether oxygens (including phenoxy) is 2. The van der Waals surface area contributed by atoms with Gasteiger partial charge in [0, 0.05) is 25.0 Å². The lowest BCUT2D eigenvalue weighted by Gasteiger charge is -2.39. The summed E-state index contributed by atoms with van der Waals surface area (Å²) in [4.78, 5) is -2.12. The van der Waals surface area contributed by atoms with Gasteiger partial charge < -0.3 is 9.47 Å². The Bertz CT molecular complexity index is 944. The first kappa shape index (κ1) is 21.1. The van der Waals surface area contributed by atoms with E-state index in [0.29, 0.717) is 16.7 Å². The van der Waals surface area contributed by atoms with Crippen molar-refractivity contribution >= 4 is 21.4 Å². The van der Waals surface area contributed by atoms with Crippen LogP contribution in [0, 0.1) is 0 Å². The fourth-order valence-electron chi connectivity index (χ4n) is 3.29. The molecular formula is C19H18ClF3O4S. The van der Waals surface area contributed by atoms with Gasteiger partial charge in [0.2, 0.25) is 9.84 Å². The fourth-order valence-corrected chi connectivity index (χ4v) is 5.32. The molecule has 1 heterocycles. The van der Waals surface area contributed by atoms with Crippen LogP contribution in [0.1, 0.15) is 30.1 Å². The minimum Gasteiger partial charge on any atom is -0.373 e. The van der Waals surface area contributed by atoms with Crippen LogP contribution in [0.25, 0.3) is 0 Å². The van der Waals surface area contributed by atoms with Crippen LogP contribution in [0.5, 0.6) is 0 Å². The lowest BCUT2D eigenvalue weighted by Crippen LogP contribution is -2.46. The Morgan fingerprint density at radius 2 is 1.86 bits per heavy atom. The van der Waals surface area contributed by atoms with E-state index in [4.69, 9.17) is 21.1 Å². The predicted molar refractivity (Wildman–Crippen MR) is 97.7 cm³/mol. The first-order valence-electron chi connectivity index (χ1n) is 8.43. The maximum atomic E-state index is 13.3. The van der Waals surface area contributed by atoms with Gasteiger partial charge in [0.15, 0.2) is 4.93 Å². The second kappa shape index (κ2) is 7.67. The molecule has 3 rings (SSSR count). The van der Waals surface area contributed by atoms with Crippen LogP contribution >= 0.6 is 11.6 Å². The second-order valence-electron chi connectivity index (χ2n) is 6.51. The zero-order valence-electron chi connectivity index (χ0n) is 14.9.